The molecule has 0 bridgehead atoms. The summed E-state index contributed by atoms with van der Waals surface area (Å²) in [4.78, 5) is 30.3. The minimum Gasteiger partial charge on any atom is -0.349 e. The fourth-order valence-electron chi connectivity index (χ4n) is 4.17. The zero-order valence-electron chi connectivity index (χ0n) is 19.2. The summed E-state index contributed by atoms with van der Waals surface area (Å²) in [5, 5.41) is 2.97. The van der Waals surface area contributed by atoms with Crippen molar-refractivity contribution in [1.82, 2.24) is 14.9 Å². The average Bonchev–Trinajstić information content (AvgIpc) is 3.26. The van der Waals surface area contributed by atoms with Gasteiger partial charge in [0.1, 0.15) is 5.82 Å². The van der Waals surface area contributed by atoms with Gasteiger partial charge in [-0.25, -0.2) is 4.98 Å². The van der Waals surface area contributed by atoms with E-state index in [-0.39, 0.29) is 31.2 Å². The Morgan fingerprint density at radius 1 is 0.714 bits per heavy atom. The van der Waals surface area contributed by atoms with Crippen molar-refractivity contribution >= 4 is 22.7 Å². The van der Waals surface area contributed by atoms with Crippen molar-refractivity contribution in [3.05, 3.63) is 126 Å². The molecule has 0 spiro atoms. The van der Waals surface area contributed by atoms with Crippen LogP contribution in [0.1, 0.15) is 21.7 Å². The van der Waals surface area contributed by atoms with E-state index in [1.807, 2.05) is 102 Å². The second kappa shape index (κ2) is 10.2. The number of amides is 1. The van der Waals surface area contributed by atoms with Crippen molar-refractivity contribution in [1.29, 1.82) is 0 Å². The molecule has 0 radical (unpaired) electrons. The quantitative estimate of drug-likeness (QED) is 0.314. The van der Waals surface area contributed by atoms with Gasteiger partial charge in [0, 0.05) is 5.56 Å². The minimum absolute atomic E-state index is 0.000152. The van der Waals surface area contributed by atoms with Crippen molar-refractivity contribution < 1.29 is 9.59 Å². The smallest absolute Gasteiger partial charge is 0.224 e. The SMILES string of the molecule is O=C(Cc1ccc(-c2ccccc2)cc1)NCc1nc2ccccc2n1CC(=O)c1ccccc1. The predicted molar refractivity (Wildman–Crippen MR) is 138 cm³/mol. The number of nitrogens with one attached hydrogen (secondary N) is 1. The third-order valence-electron chi connectivity index (χ3n) is 6.00. The first-order valence-electron chi connectivity index (χ1n) is 11.6. The van der Waals surface area contributed by atoms with Crippen LogP contribution < -0.4 is 5.32 Å². The third kappa shape index (κ3) is 5.20. The van der Waals surface area contributed by atoms with Crippen LogP contribution in [0.2, 0.25) is 0 Å². The summed E-state index contributed by atoms with van der Waals surface area (Å²) in [6.07, 6.45) is 0.276. The zero-order valence-corrected chi connectivity index (χ0v) is 19.2. The number of carbonyl (C=O) groups excluding carboxylic acids is 2. The molecule has 1 N–H and O–H groups in total. The average molecular weight is 460 g/mol. The lowest BCUT2D eigenvalue weighted by Gasteiger charge is -2.10. The van der Waals surface area contributed by atoms with Gasteiger partial charge in [-0.3, -0.25) is 9.59 Å². The first kappa shape index (κ1) is 22.3. The highest BCUT2D eigenvalue weighted by Crippen LogP contribution is 2.20. The molecule has 0 unspecified atom stereocenters. The van der Waals surface area contributed by atoms with Gasteiger partial charge in [0.2, 0.25) is 5.91 Å². The van der Waals surface area contributed by atoms with Gasteiger partial charge in [0.05, 0.1) is 30.5 Å². The van der Waals surface area contributed by atoms with Crippen LogP contribution in [-0.4, -0.2) is 21.2 Å². The molecule has 0 fully saturated rings. The molecule has 1 heterocycles. The number of rotatable bonds is 8. The number of para-hydroxylation sites is 2. The van der Waals surface area contributed by atoms with Gasteiger partial charge in [0.15, 0.2) is 5.78 Å². The summed E-state index contributed by atoms with van der Waals surface area (Å²) in [5.74, 6) is 0.563. The Balaban J connectivity index is 1.28. The van der Waals surface area contributed by atoms with Crippen LogP contribution in [0.25, 0.3) is 22.2 Å². The Morgan fingerprint density at radius 3 is 2.09 bits per heavy atom. The molecule has 5 rings (SSSR count). The van der Waals surface area contributed by atoms with Crippen LogP contribution in [0.4, 0.5) is 0 Å². The number of aromatic nitrogens is 2. The molecule has 4 aromatic carbocycles. The molecule has 35 heavy (non-hydrogen) atoms. The number of hydrogen-bond donors (Lipinski definition) is 1. The first-order chi connectivity index (χ1) is 17.2. The maximum absolute atomic E-state index is 12.9. The number of ketones is 1. The number of Topliss-reactive ketones (excluding diaryl/α,β-unsaturated/α-hetero) is 1. The Bertz CT molecular complexity index is 1460. The lowest BCUT2D eigenvalue weighted by Crippen LogP contribution is -2.27. The standard InChI is InChI=1S/C30H25N3O2/c34-28(25-11-5-2-6-12-25)21-33-27-14-8-7-13-26(27)32-29(33)20-31-30(35)19-22-15-17-24(18-16-22)23-9-3-1-4-10-23/h1-18H,19-21H2,(H,31,35). The lowest BCUT2D eigenvalue weighted by molar-refractivity contribution is -0.120. The predicted octanol–water partition coefficient (Wildman–Crippen LogP) is 5.45. The number of imidazole rings is 1. The number of fused-ring (bicyclic) bond motifs is 1. The molecule has 0 aliphatic carbocycles. The lowest BCUT2D eigenvalue weighted by atomic mass is 10.0. The Labute approximate surface area is 204 Å². The molecule has 1 amide bonds. The van der Waals surface area contributed by atoms with E-state index >= 15 is 0 Å². The summed E-state index contributed by atoms with van der Waals surface area (Å²) in [6.45, 7) is 0.411. The first-order valence-corrected chi connectivity index (χ1v) is 11.6. The molecule has 0 aliphatic heterocycles. The molecule has 0 atom stereocenters. The molecular formula is C30H25N3O2. The Hall–Kier alpha value is -4.51. The van der Waals surface area contributed by atoms with E-state index in [1.165, 1.54) is 0 Å². The van der Waals surface area contributed by atoms with Crippen LogP contribution in [0.5, 0.6) is 0 Å². The normalized spacial score (nSPS) is 10.9. The van der Waals surface area contributed by atoms with Gasteiger partial charge in [-0.15, -0.1) is 0 Å². The summed E-state index contributed by atoms with van der Waals surface area (Å²) < 4.78 is 1.89. The van der Waals surface area contributed by atoms with Crippen molar-refractivity contribution in [2.24, 2.45) is 0 Å². The molecule has 0 saturated heterocycles. The van der Waals surface area contributed by atoms with Crippen LogP contribution in [0.3, 0.4) is 0 Å². The minimum atomic E-state index is -0.0922. The Kier molecular flexibility index (Phi) is 6.48. The highest BCUT2D eigenvalue weighted by Gasteiger charge is 2.15. The van der Waals surface area contributed by atoms with Crippen LogP contribution >= 0.6 is 0 Å². The van der Waals surface area contributed by atoms with Crippen LogP contribution in [0, 0.1) is 0 Å². The summed E-state index contributed by atoms with van der Waals surface area (Å²) in [7, 11) is 0. The molecule has 172 valence electrons. The second-order valence-corrected chi connectivity index (χ2v) is 8.41. The maximum Gasteiger partial charge on any atom is 0.224 e. The van der Waals surface area contributed by atoms with E-state index in [4.69, 9.17) is 0 Å². The molecule has 5 heteroatoms. The van der Waals surface area contributed by atoms with E-state index in [2.05, 4.69) is 22.4 Å². The molecular weight excluding hydrogens is 434 g/mol. The van der Waals surface area contributed by atoms with E-state index < -0.39 is 0 Å². The summed E-state index contributed by atoms with van der Waals surface area (Å²) >= 11 is 0. The van der Waals surface area contributed by atoms with Crippen molar-refractivity contribution in [3.8, 4) is 11.1 Å². The van der Waals surface area contributed by atoms with E-state index in [9.17, 15) is 9.59 Å². The summed E-state index contributed by atoms with van der Waals surface area (Å²) in [6, 6.07) is 35.1. The second-order valence-electron chi connectivity index (χ2n) is 8.41. The molecule has 0 saturated carbocycles. The zero-order chi connectivity index (χ0) is 24.0. The number of benzene rings is 4. The topological polar surface area (TPSA) is 64.0 Å². The molecule has 5 aromatic rings. The molecule has 0 aliphatic rings. The van der Waals surface area contributed by atoms with E-state index in [0.717, 1.165) is 27.7 Å². The van der Waals surface area contributed by atoms with Gasteiger partial charge in [-0.2, -0.15) is 0 Å². The molecule has 1 aromatic heterocycles. The van der Waals surface area contributed by atoms with Gasteiger partial charge < -0.3 is 9.88 Å². The van der Waals surface area contributed by atoms with Crippen molar-refractivity contribution in [2.75, 3.05) is 0 Å². The number of carbonyl (C=O) groups is 2. The van der Waals surface area contributed by atoms with Gasteiger partial charge in [-0.05, 0) is 28.8 Å². The maximum atomic E-state index is 12.9. The fourth-order valence-corrected chi connectivity index (χ4v) is 4.17. The Morgan fingerprint density at radius 2 is 1.34 bits per heavy atom. The van der Waals surface area contributed by atoms with E-state index in [1.54, 1.807) is 0 Å². The van der Waals surface area contributed by atoms with Crippen molar-refractivity contribution in [3.63, 3.8) is 0 Å². The highest BCUT2D eigenvalue weighted by molar-refractivity contribution is 5.96. The number of nitrogens with zero attached hydrogens (tertiary/aromatic N) is 2. The third-order valence-corrected chi connectivity index (χ3v) is 6.00. The van der Waals surface area contributed by atoms with Crippen molar-refractivity contribution in [2.45, 2.75) is 19.5 Å². The number of hydrogen-bond acceptors (Lipinski definition) is 3. The van der Waals surface area contributed by atoms with Crippen LogP contribution in [-0.2, 0) is 24.3 Å². The summed E-state index contributed by atoms with van der Waals surface area (Å²) in [5.41, 5.74) is 5.53. The molecule has 5 nitrogen and oxygen atoms in total. The van der Waals surface area contributed by atoms with Gasteiger partial charge in [-0.1, -0.05) is 97.1 Å². The van der Waals surface area contributed by atoms with Gasteiger partial charge in [0.25, 0.3) is 0 Å². The van der Waals surface area contributed by atoms with Crippen LogP contribution in [0.15, 0.2) is 109 Å². The monoisotopic (exact) mass is 459 g/mol. The largest absolute Gasteiger partial charge is 0.349 e. The van der Waals surface area contributed by atoms with Gasteiger partial charge >= 0.3 is 0 Å². The fraction of sp³-hybridized carbons (Fsp3) is 0.100. The highest BCUT2D eigenvalue weighted by atomic mass is 16.1. The van der Waals surface area contributed by atoms with E-state index in [0.29, 0.717) is 11.4 Å².